The zero-order valence-corrected chi connectivity index (χ0v) is 14.7. The summed E-state index contributed by atoms with van der Waals surface area (Å²) < 4.78 is 0. The molecule has 0 heterocycles. The van der Waals surface area contributed by atoms with Crippen LogP contribution in [0.1, 0.15) is 29.8 Å². The summed E-state index contributed by atoms with van der Waals surface area (Å²) in [6, 6.07) is 6.74. The Hall–Kier alpha value is -2.41. The molecule has 1 unspecified atom stereocenters. The molecule has 0 aromatic heterocycles. The summed E-state index contributed by atoms with van der Waals surface area (Å²) in [4.78, 5) is 36.1. The summed E-state index contributed by atoms with van der Waals surface area (Å²) >= 11 is 0. The maximum atomic E-state index is 12.0. The van der Waals surface area contributed by atoms with Crippen LogP contribution in [0.15, 0.2) is 24.3 Å². The number of hydrogen-bond acceptors (Lipinski definition) is 3. The summed E-state index contributed by atoms with van der Waals surface area (Å²) in [5, 5.41) is 7.93. The van der Waals surface area contributed by atoms with Gasteiger partial charge >= 0.3 is 0 Å². The fourth-order valence-electron chi connectivity index (χ4n) is 2.29. The lowest BCUT2D eigenvalue weighted by Crippen LogP contribution is -3.09. The van der Waals surface area contributed by atoms with Crippen molar-refractivity contribution in [3.05, 3.63) is 35.4 Å². The van der Waals surface area contributed by atoms with Gasteiger partial charge in [0.25, 0.3) is 11.8 Å². The Morgan fingerprint density at radius 2 is 1.79 bits per heavy atom. The smallest absolute Gasteiger partial charge is 0.275 e. The second kappa shape index (κ2) is 9.67. The van der Waals surface area contributed by atoms with Crippen molar-refractivity contribution in [3.8, 4) is 0 Å². The molecule has 0 saturated carbocycles. The molecule has 7 nitrogen and oxygen atoms in total. The van der Waals surface area contributed by atoms with Gasteiger partial charge in [-0.15, -0.1) is 0 Å². The second-order valence-corrected chi connectivity index (χ2v) is 5.77. The second-order valence-electron chi connectivity index (χ2n) is 5.77. The first-order valence-corrected chi connectivity index (χ1v) is 8.06. The average molecular weight is 335 g/mol. The Bertz CT molecular complexity index is 572. The molecule has 1 aromatic rings. The summed E-state index contributed by atoms with van der Waals surface area (Å²) in [6.45, 7) is 4.95. The molecule has 1 aromatic carbocycles. The number of hydrogen-bond donors (Lipinski definition) is 4. The highest BCUT2D eigenvalue weighted by Gasteiger charge is 2.17. The number of rotatable bonds is 8. The van der Waals surface area contributed by atoms with E-state index in [9.17, 15) is 14.4 Å². The van der Waals surface area contributed by atoms with E-state index in [1.54, 1.807) is 26.1 Å². The lowest BCUT2D eigenvalue weighted by Gasteiger charge is -2.17. The van der Waals surface area contributed by atoms with Gasteiger partial charge in [-0.25, -0.2) is 0 Å². The molecule has 132 valence electrons. The van der Waals surface area contributed by atoms with Gasteiger partial charge in [0.05, 0.1) is 7.05 Å². The first kappa shape index (κ1) is 19.6. The Morgan fingerprint density at radius 3 is 2.33 bits per heavy atom. The van der Waals surface area contributed by atoms with Crippen molar-refractivity contribution in [1.29, 1.82) is 0 Å². The number of carbonyl (C=O) groups excluding carboxylic acids is 3. The quantitative estimate of drug-likeness (QED) is 0.476. The molecular weight excluding hydrogens is 308 g/mol. The SMILES string of the molecule is CCNC(=O)[C@@H](C)NC(=O)C[NH+](C)Cc1ccc(C(=O)NC)cc1. The number of nitrogens with one attached hydrogen (secondary N) is 4. The minimum atomic E-state index is -0.544. The van der Waals surface area contributed by atoms with Crippen molar-refractivity contribution in [2.24, 2.45) is 0 Å². The molecule has 24 heavy (non-hydrogen) atoms. The van der Waals surface area contributed by atoms with E-state index in [1.807, 2.05) is 26.1 Å². The third-order valence-corrected chi connectivity index (χ3v) is 3.53. The van der Waals surface area contributed by atoms with Gasteiger partial charge in [0.2, 0.25) is 5.91 Å². The lowest BCUT2D eigenvalue weighted by molar-refractivity contribution is -0.885. The number of carbonyl (C=O) groups is 3. The number of likely N-dealkylation sites (N-methyl/N-ethyl adjacent to an activating group) is 2. The third-order valence-electron chi connectivity index (χ3n) is 3.53. The van der Waals surface area contributed by atoms with Gasteiger partial charge in [0, 0.05) is 24.7 Å². The number of quaternary nitrogens is 1. The van der Waals surface area contributed by atoms with Crippen LogP contribution in [-0.2, 0) is 16.1 Å². The molecule has 4 N–H and O–H groups in total. The standard InChI is InChI=1S/C17H26N4O3/c1-5-19-16(23)12(2)20-15(22)11-21(4)10-13-6-8-14(9-7-13)17(24)18-3/h6-9,12H,5,10-11H2,1-4H3,(H,18,24)(H,19,23)(H,20,22)/p+1/t12-/m1/s1. The highest BCUT2D eigenvalue weighted by molar-refractivity contribution is 5.93. The van der Waals surface area contributed by atoms with Crippen LogP contribution in [0.5, 0.6) is 0 Å². The first-order valence-electron chi connectivity index (χ1n) is 8.06. The van der Waals surface area contributed by atoms with Crippen molar-refractivity contribution < 1.29 is 19.3 Å². The van der Waals surface area contributed by atoms with Gasteiger partial charge < -0.3 is 20.9 Å². The number of amides is 3. The number of benzene rings is 1. The molecule has 0 aliphatic heterocycles. The van der Waals surface area contributed by atoms with Crippen molar-refractivity contribution in [2.45, 2.75) is 26.4 Å². The monoisotopic (exact) mass is 335 g/mol. The molecule has 0 bridgehead atoms. The van der Waals surface area contributed by atoms with Crippen LogP contribution in [0.25, 0.3) is 0 Å². The Morgan fingerprint density at radius 1 is 1.17 bits per heavy atom. The van der Waals surface area contributed by atoms with Crippen molar-refractivity contribution in [2.75, 3.05) is 27.2 Å². The van der Waals surface area contributed by atoms with E-state index in [0.717, 1.165) is 10.5 Å². The Kier molecular flexibility index (Phi) is 7.91. The van der Waals surface area contributed by atoms with E-state index in [4.69, 9.17) is 0 Å². The molecule has 0 fully saturated rings. The zero-order chi connectivity index (χ0) is 18.1. The minimum absolute atomic E-state index is 0.124. The van der Waals surface area contributed by atoms with Gasteiger partial charge in [-0.2, -0.15) is 0 Å². The molecule has 0 aliphatic carbocycles. The van der Waals surface area contributed by atoms with Crippen molar-refractivity contribution in [1.82, 2.24) is 16.0 Å². The maximum absolute atomic E-state index is 12.0. The predicted octanol–water partition coefficient (Wildman–Crippen LogP) is -1.30. The average Bonchev–Trinajstić information content (AvgIpc) is 2.54. The molecule has 1 rings (SSSR count). The van der Waals surface area contributed by atoms with Gasteiger partial charge in [0.1, 0.15) is 12.6 Å². The predicted molar refractivity (Wildman–Crippen MR) is 91.6 cm³/mol. The molecule has 7 heteroatoms. The van der Waals surface area contributed by atoms with E-state index >= 15 is 0 Å². The van der Waals surface area contributed by atoms with Crippen LogP contribution in [0, 0.1) is 0 Å². The van der Waals surface area contributed by atoms with Gasteiger partial charge in [-0.1, -0.05) is 12.1 Å². The summed E-state index contributed by atoms with van der Waals surface area (Å²) in [7, 11) is 3.50. The molecule has 0 aliphatic rings. The van der Waals surface area contributed by atoms with Crippen LogP contribution >= 0.6 is 0 Å². The highest BCUT2D eigenvalue weighted by Crippen LogP contribution is 2.03. The van der Waals surface area contributed by atoms with Gasteiger partial charge in [0.15, 0.2) is 6.54 Å². The van der Waals surface area contributed by atoms with Crippen LogP contribution < -0.4 is 20.9 Å². The van der Waals surface area contributed by atoms with E-state index in [0.29, 0.717) is 18.7 Å². The van der Waals surface area contributed by atoms with Gasteiger partial charge in [-0.05, 0) is 26.0 Å². The molecule has 0 radical (unpaired) electrons. The molecule has 3 amide bonds. The third kappa shape index (κ3) is 6.37. The fraction of sp³-hybridized carbons (Fsp3) is 0.471. The summed E-state index contributed by atoms with van der Waals surface area (Å²) in [5.41, 5.74) is 1.64. The van der Waals surface area contributed by atoms with Gasteiger partial charge in [-0.3, -0.25) is 14.4 Å². The molecule has 0 spiro atoms. The molecular formula is C17H27N4O3+. The topological polar surface area (TPSA) is 91.7 Å². The fourth-order valence-corrected chi connectivity index (χ4v) is 2.29. The normalized spacial score (nSPS) is 12.8. The zero-order valence-electron chi connectivity index (χ0n) is 14.7. The van der Waals surface area contributed by atoms with Crippen molar-refractivity contribution in [3.63, 3.8) is 0 Å². The highest BCUT2D eigenvalue weighted by atomic mass is 16.2. The first-order chi connectivity index (χ1) is 11.4. The largest absolute Gasteiger partial charge is 0.355 e. The Balaban J connectivity index is 2.47. The van der Waals surface area contributed by atoms with Crippen LogP contribution in [0.2, 0.25) is 0 Å². The summed E-state index contributed by atoms with van der Waals surface area (Å²) in [5.74, 6) is -0.484. The van der Waals surface area contributed by atoms with E-state index in [1.165, 1.54) is 0 Å². The van der Waals surface area contributed by atoms with E-state index in [-0.39, 0.29) is 24.3 Å². The molecule has 0 saturated heterocycles. The van der Waals surface area contributed by atoms with Crippen molar-refractivity contribution >= 4 is 17.7 Å². The molecule has 2 atom stereocenters. The van der Waals surface area contributed by atoms with Crippen LogP contribution in [0.3, 0.4) is 0 Å². The summed E-state index contributed by atoms with van der Waals surface area (Å²) in [6.07, 6.45) is 0. The van der Waals surface area contributed by atoms with E-state index < -0.39 is 6.04 Å². The minimum Gasteiger partial charge on any atom is -0.355 e. The lowest BCUT2D eigenvalue weighted by atomic mass is 10.1. The van der Waals surface area contributed by atoms with E-state index in [2.05, 4.69) is 16.0 Å². The Labute approximate surface area is 142 Å². The van der Waals surface area contributed by atoms with Crippen LogP contribution in [0.4, 0.5) is 0 Å². The van der Waals surface area contributed by atoms with Crippen LogP contribution in [-0.4, -0.2) is 50.9 Å². The maximum Gasteiger partial charge on any atom is 0.275 e.